The number of aliphatic hydroxyl groups is 4. The molecule has 1 rings (SSSR count). The van der Waals surface area contributed by atoms with E-state index < -0.39 is 24.4 Å². The average molecular weight is 160 g/mol. The molecule has 0 aromatic carbocycles. The second kappa shape index (κ2) is 2.91. The predicted molar refractivity (Wildman–Crippen MR) is 37.8 cm³/mol. The maximum absolute atomic E-state index is 9.14. The third-order valence-electron chi connectivity index (χ3n) is 1.92. The molecule has 0 radical (unpaired) electrons. The minimum Gasteiger partial charge on any atom is -0.387 e. The van der Waals surface area contributed by atoms with Gasteiger partial charge in [0.2, 0.25) is 0 Å². The Morgan fingerprint density at radius 2 is 1.64 bits per heavy atom. The van der Waals surface area contributed by atoms with E-state index in [0.717, 1.165) is 0 Å². The Bertz CT molecular complexity index is 177. The topological polar surface area (TPSA) is 80.9 Å². The lowest BCUT2D eigenvalue weighted by atomic mass is 9.91. The van der Waals surface area contributed by atoms with Gasteiger partial charge in [-0.2, -0.15) is 0 Å². The Hall–Kier alpha value is -0.420. The quantitative estimate of drug-likeness (QED) is 0.321. The van der Waals surface area contributed by atoms with Crippen molar-refractivity contribution >= 4 is 0 Å². The normalized spacial score (nSPS) is 45.4. The maximum Gasteiger partial charge on any atom is 0.112 e. The first-order valence-electron chi connectivity index (χ1n) is 3.44. The van der Waals surface area contributed by atoms with Crippen LogP contribution in [0.5, 0.6) is 0 Å². The van der Waals surface area contributed by atoms with E-state index in [1.54, 1.807) is 6.92 Å². The van der Waals surface area contributed by atoms with E-state index in [2.05, 4.69) is 0 Å². The molecule has 4 nitrogen and oxygen atoms in total. The van der Waals surface area contributed by atoms with Crippen LogP contribution in [0.4, 0.5) is 0 Å². The van der Waals surface area contributed by atoms with Crippen LogP contribution in [0.2, 0.25) is 0 Å². The SMILES string of the molecule is CC1=C[C@H](O)[C@H](O)[C@H](O)[C@@H]1O. The van der Waals surface area contributed by atoms with E-state index >= 15 is 0 Å². The van der Waals surface area contributed by atoms with Gasteiger partial charge in [-0.1, -0.05) is 6.08 Å². The summed E-state index contributed by atoms with van der Waals surface area (Å²) in [6.45, 7) is 1.59. The average Bonchev–Trinajstić information content (AvgIpc) is 1.97. The summed E-state index contributed by atoms with van der Waals surface area (Å²) in [5, 5.41) is 36.3. The van der Waals surface area contributed by atoms with Gasteiger partial charge >= 0.3 is 0 Å². The van der Waals surface area contributed by atoms with Crippen LogP contribution in [0.1, 0.15) is 6.92 Å². The third kappa shape index (κ3) is 1.44. The summed E-state index contributed by atoms with van der Waals surface area (Å²) in [5.74, 6) is 0. The molecule has 0 saturated heterocycles. The zero-order valence-electron chi connectivity index (χ0n) is 6.18. The van der Waals surface area contributed by atoms with Gasteiger partial charge in [0, 0.05) is 0 Å². The van der Waals surface area contributed by atoms with Crippen molar-refractivity contribution in [3.05, 3.63) is 11.6 Å². The first-order chi connectivity index (χ1) is 5.04. The molecule has 0 aromatic rings. The molecule has 1 aliphatic carbocycles. The number of hydrogen-bond acceptors (Lipinski definition) is 4. The van der Waals surface area contributed by atoms with Crippen LogP contribution < -0.4 is 0 Å². The highest BCUT2D eigenvalue weighted by Crippen LogP contribution is 2.19. The van der Waals surface area contributed by atoms with Gasteiger partial charge in [-0.3, -0.25) is 0 Å². The van der Waals surface area contributed by atoms with Crippen LogP contribution in [0.25, 0.3) is 0 Å². The lowest BCUT2D eigenvalue weighted by Crippen LogP contribution is -2.47. The van der Waals surface area contributed by atoms with E-state index in [-0.39, 0.29) is 0 Å². The highest BCUT2D eigenvalue weighted by molar-refractivity contribution is 5.17. The van der Waals surface area contributed by atoms with E-state index in [0.29, 0.717) is 5.57 Å². The molecule has 4 atom stereocenters. The molecule has 0 saturated carbocycles. The first-order valence-corrected chi connectivity index (χ1v) is 3.44. The smallest absolute Gasteiger partial charge is 0.112 e. The highest BCUT2D eigenvalue weighted by Gasteiger charge is 2.34. The molecule has 0 unspecified atom stereocenters. The Kier molecular flexibility index (Phi) is 2.29. The van der Waals surface area contributed by atoms with Crippen molar-refractivity contribution in [2.24, 2.45) is 0 Å². The van der Waals surface area contributed by atoms with Gasteiger partial charge in [-0.25, -0.2) is 0 Å². The molecule has 11 heavy (non-hydrogen) atoms. The van der Waals surface area contributed by atoms with Gasteiger partial charge in [0.05, 0.1) is 0 Å². The monoisotopic (exact) mass is 160 g/mol. The summed E-state index contributed by atoms with van der Waals surface area (Å²) in [6.07, 6.45) is -3.37. The molecule has 4 N–H and O–H groups in total. The molecule has 0 aliphatic heterocycles. The predicted octanol–water partition coefficient (Wildman–Crippen LogP) is -1.61. The minimum atomic E-state index is -1.28. The Labute approximate surface area is 64.4 Å². The van der Waals surface area contributed by atoms with Crippen molar-refractivity contribution in [1.29, 1.82) is 0 Å². The van der Waals surface area contributed by atoms with Gasteiger partial charge in [0.25, 0.3) is 0 Å². The molecule has 0 fully saturated rings. The fourth-order valence-electron chi connectivity index (χ4n) is 1.12. The lowest BCUT2D eigenvalue weighted by molar-refractivity contribution is -0.0924. The largest absolute Gasteiger partial charge is 0.387 e. The summed E-state index contributed by atoms with van der Waals surface area (Å²) in [6, 6.07) is 0. The van der Waals surface area contributed by atoms with Crippen molar-refractivity contribution in [2.75, 3.05) is 0 Å². The van der Waals surface area contributed by atoms with Gasteiger partial charge in [-0.05, 0) is 12.5 Å². The molecule has 4 heteroatoms. The summed E-state index contributed by atoms with van der Waals surface area (Å²) in [5.41, 5.74) is 0.482. The summed E-state index contributed by atoms with van der Waals surface area (Å²) in [4.78, 5) is 0. The molecule has 0 heterocycles. The summed E-state index contributed by atoms with van der Waals surface area (Å²) >= 11 is 0. The summed E-state index contributed by atoms with van der Waals surface area (Å²) in [7, 11) is 0. The maximum atomic E-state index is 9.14. The van der Waals surface area contributed by atoms with E-state index in [1.807, 2.05) is 0 Å². The van der Waals surface area contributed by atoms with Crippen LogP contribution in [0.15, 0.2) is 11.6 Å². The Balaban J connectivity index is 2.83. The van der Waals surface area contributed by atoms with Crippen molar-refractivity contribution in [3.63, 3.8) is 0 Å². The zero-order valence-corrected chi connectivity index (χ0v) is 6.18. The van der Waals surface area contributed by atoms with Gasteiger partial charge < -0.3 is 20.4 Å². The fraction of sp³-hybridized carbons (Fsp3) is 0.714. The van der Waals surface area contributed by atoms with Crippen molar-refractivity contribution in [3.8, 4) is 0 Å². The van der Waals surface area contributed by atoms with Crippen molar-refractivity contribution in [1.82, 2.24) is 0 Å². The van der Waals surface area contributed by atoms with Crippen molar-refractivity contribution in [2.45, 2.75) is 31.3 Å². The van der Waals surface area contributed by atoms with Crippen LogP contribution in [-0.2, 0) is 0 Å². The standard InChI is InChI=1S/C7H12O4/c1-3-2-4(8)6(10)7(11)5(3)9/h2,4-11H,1H3/t4-,5+,6-,7+/m0/s1. The van der Waals surface area contributed by atoms with E-state index in [1.165, 1.54) is 6.08 Å². The van der Waals surface area contributed by atoms with Crippen LogP contribution >= 0.6 is 0 Å². The number of rotatable bonds is 0. The van der Waals surface area contributed by atoms with E-state index in [9.17, 15) is 0 Å². The van der Waals surface area contributed by atoms with Crippen LogP contribution in [0, 0.1) is 0 Å². The summed E-state index contributed by atoms with van der Waals surface area (Å²) < 4.78 is 0. The Morgan fingerprint density at radius 1 is 1.09 bits per heavy atom. The van der Waals surface area contributed by atoms with Crippen LogP contribution in [-0.4, -0.2) is 44.8 Å². The van der Waals surface area contributed by atoms with Crippen LogP contribution in [0.3, 0.4) is 0 Å². The van der Waals surface area contributed by atoms with Gasteiger partial charge in [-0.15, -0.1) is 0 Å². The number of aliphatic hydroxyl groups excluding tert-OH is 4. The highest BCUT2D eigenvalue weighted by atomic mass is 16.4. The van der Waals surface area contributed by atoms with E-state index in [4.69, 9.17) is 20.4 Å². The lowest BCUT2D eigenvalue weighted by Gasteiger charge is -2.30. The number of hydrogen-bond donors (Lipinski definition) is 4. The fourth-order valence-corrected chi connectivity index (χ4v) is 1.12. The molecule has 64 valence electrons. The van der Waals surface area contributed by atoms with Gasteiger partial charge in [0.15, 0.2) is 0 Å². The van der Waals surface area contributed by atoms with Gasteiger partial charge in [0.1, 0.15) is 24.4 Å². The second-order valence-corrected chi connectivity index (χ2v) is 2.83. The third-order valence-corrected chi connectivity index (χ3v) is 1.92. The zero-order chi connectivity index (χ0) is 8.59. The molecule has 0 bridgehead atoms. The molecule has 0 aromatic heterocycles. The second-order valence-electron chi connectivity index (χ2n) is 2.83. The Morgan fingerprint density at radius 3 is 2.18 bits per heavy atom. The molecule has 0 spiro atoms. The molecular formula is C7H12O4. The first kappa shape index (κ1) is 8.67. The molecule has 1 aliphatic rings. The molecular weight excluding hydrogens is 148 g/mol. The molecule has 0 amide bonds. The van der Waals surface area contributed by atoms with Crippen molar-refractivity contribution < 1.29 is 20.4 Å². The minimum absolute atomic E-state index is 0.482.